The SMILES string of the molecule is O=c1[nH]c2cc3nc(-c4cnc(NC[C@H]5CCCO5)nc4)[nH]c3cc2[nH]1. The molecule has 1 fully saturated rings. The van der Waals surface area contributed by atoms with Crippen molar-refractivity contribution in [3.8, 4) is 11.4 Å². The number of H-pyrrole nitrogens is 3. The molecule has 4 heterocycles. The van der Waals surface area contributed by atoms with Crippen molar-refractivity contribution in [2.45, 2.75) is 18.9 Å². The summed E-state index contributed by atoms with van der Waals surface area (Å²) in [5.41, 5.74) is 3.63. The summed E-state index contributed by atoms with van der Waals surface area (Å²) < 4.78 is 5.58. The number of ether oxygens (including phenoxy) is 1. The maximum atomic E-state index is 11.4. The number of benzene rings is 1. The van der Waals surface area contributed by atoms with Crippen LogP contribution < -0.4 is 11.0 Å². The molecule has 0 unspecified atom stereocenters. The normalized spacial score (nSPS) is 17.3. The van der Waals surface area contributed by atoms with Gasteiger partial charge in [0.2, 0.25) is 5.95 Å². The van der Waals surface area contributed by atoms with Crippen molar-refractivity contribution in [3.05, 3.63) is 35.0 Å². The molecule has 0 bridgehead atoms. The number of aromatic nitrogens is 6. The maximum Gasteiger partial charge on any atom is 0.323 e. The Morgan fingerprint density at radius 1 is 1.12 bits per heavy atom. The lowest BCUT2D eigenvalue weighted by Crippen LogP contribution is -2.19. The Morgan fingerprint density at radius 3 is 2.69 bits per heavy atom. The minimum absolute atomic E-state index is 0.229. The van der Waals surface area contributed by atoms with Gasteiger partial charge in [0.05, 0.1) is 33.7 Å². The van der Waals surface area contributed by atoms with E-state index in [1.54, 1.807) is 12.4 Å². The van der Waals surface area contributed by atoms with Crippen LogP contribution in [0.1, 0.15) is 12.8 Å². The summed E-state index contributed by atoms with van der Waals surface area (Å²) in [7, 11) is 0. The number of nitrogens with one attached hydrogen (secondary N) is 4. The van der Waals surface area contributed by atoms with E-state index >= 15 is 0 Å². The summed E-state index contributed by atoms with van der Waals surface area (Å²) in [5.74, 6) is 1.26. The van der Waals surface area contributed by atoms with Gasteiger partial charge in [-0.15, -0.1) is 0 Å². The van der Waals surface area contributed by atoms with Gasteiger partial charge in [0.25, 0.3) is 0 Å². The second-order valence-electron chi connectivity index (χ2n) is 6.39. The van der Waals surface area contributed by atoms with E-state index in [2.05, 4.69) is 35.2 Å². The van der Waals surface area contributed by atoms with Gasteiger partial charge in [0.15, 0.2) is 0 Å². The molecular formula is C17H17N7O2. The van der Waals surface area contributed by atoms with Gasteiger partial charge < -0.3 is 25.0 Å². The van der Waals surface area contributed by atoms with Crippen molar-refractivity contribution in [1.29, 1.82) is 0 Å². The largest absolute Gasteiger partial charge is 0.376 e. The maximum absolute atomic E-state index is 11.4. The third-order valence-corrected chi connectivity index (χ3v) is 4.55. The molecule has 3 aromatic heterocycles. The summed E-state index contributed by atoms with van der Waals surface area (Å²) in [6.07, 6.45) is 5.89. The highest BCUT2D eigenvalue weighted by Crippen LogP contribution is 2.22. The third kappa shape index (κ3) is 2.72. The first-order chi connectivity index (χ1) is 12.7. The average molecular weight is 351 g/mol. The lowest BCUT2D eigenvalue weighted by molar-refractivity contribution is 0.120. The first-order valence-electron chi connectivity index (χ1n) is 8.54. The van der Waals surface area contributed by atoms with Gasteiger partial charge in [0, 0.05) is 25.5 Å². The molecule has 1 aliphatic heterocycles. The molecule has 9 heteroatoms. The fourth-order valence-corrected chi connectivity index (χ4v) is 3.23. The number of imidazole rings is 2. The van der Waals surface area contributed by atoms with E-state index in [9.17, 15) is 4.79 Å². The Morgan fingerprint density at radius 2 is 1.92 bits per heavy atom. The molecule has 1 atom stereocenters. The first kappa shape index (κ1) is 15.1. The lowest BCUT2D eigenvalue weighted by atomic mass is 10.2. The van der Waals surface area contributed by atoms with E-state index in [1.165, 1.54) is 0 Å². The smallest absolute Gasteiger partial charge is 0.323 e. The second-order valence-corrected chi connectivity index (χ2v) is 6.39. The molecule has 0 spiro atoms. The van der Waals surface area contributed by atoms with Gasteiger partial charge in [-0.3, -0.25) is 0 Å². The average Bonchev–Trinajstić information content (AvgIpc) is 3.36. The zero-order valence-corrected chi connectivity index (χ0v) is 13.9. The van der Waals surface area contributed by atoms with Crippen LogP contribution in [0.4, 0.5) is 5.95 Å². The highest BCUT2D eigenvalue weighted by molar-refractivity contribution is 5.92. The van der Waals surface area contributed by atoms with Crippen molar-refractivity contribution >= 4 is 28.0 Å². The molecule has 0 saturated carbocycles. The van der Waals surface area contributed by atoms with Gasteiger partial charge in [-0.2, -0.15) is 0 Å². The minimum Gasteiger partial charge on any atom is -0.376 e. The van der Waals surface area contributed by atoms with Gasteiger partial charge in [-0.1, -0.05) is 0 Å². The quantitative estimate of drug-likeness (QED) is 0.444. The number of rotatable bonds is 4. The van der Waals surface area contributed by atoms with Crippen molar-refractivity contribution < 1.29 is 4.74 Å². The van der Waals surface area contributed by atoms with Crippen LogP contribution in [0, 0.1) is 0 Å². The van der Waals surface area contributed by atoms with Crippen LogP contribution in [0.25, 0.3) is 33.5 Å². The monoisotopic (exact) mass is 351 g/mol. The summed E-state index contributed by atoms with van der Waals surface area (Å²) in [4.78, 5) is 33.4. The highest BCUT2D eigenvalue weighted by atomic mass is 16.5. The van der Waals surface area contributed by atoms with Crippen LogP contribution in [0.2, 0.25) is 0 Å². The zero-order chi connectivity index (χ0) is 17.5. The van der Waals surface area contributed by atoms with E-state index < -0.39 is 0 Å². The molecule has 0 radical (unpaired) electrons. The molecule has 1 aromatic carbocycles. The zero-order valence-electron chi connectivity index (χ0n) is 13.9. The molecule has 0 amide bonds. The van der Waals surface area contributed by atoms with E-state index in [0.29, 0.717) is 18.3 Å². The van der Waals surface area contributed by atoms with Crippen LogP contribution in [0.15, 0.2) is 29.3 Å². The molecule has 4 aromatic rings. The predicted octanol–water partition coefficient (Wildman–Crippen LogP) is 1.78. The van der Waals surface area contributed by atoms with Crippen molar-refractivity contribution in [2.75, 3.05) is 18.5 Å². The molecular weight excluding hydrogens is 334 g/mol. The molecule has 1 saturated heterocycles. The fraction of sp³-hybridized carbons (Fsp3) is 0.294. The molecule has 5 rings (SSSR count). The second kappa shape index (κ2) is 5.95. The lowest BCUT2D eigenvalue weighted by Gasteiger charge is -2.10. The summed E-state index contributed by atoms with van der Waals surface area (Å²) >= 11 is 0. The van der Waals surface area contributed by atoms with Crippen molar-refractivity contribution in [2.24, 2.45) is 0 Å². The fourth-order valence-electron chi connectivity index (χ4n) is 3.23. The standard InChI is InChI=1S/C17H17N7O2/c25-17-23-13-4-11-12(5-14(13)24-17)22-15(21-11)9-6-18-16(19-7-9)20-8-10-2-1-3-26-10/h4-7,10H,1-3,8H2,(H,21,22)(H,18,19,20)(H2,23,24,25)/t10-/m1/s1. The van der Waals surface area contributed by atoms with Crippen molar-refractivity contribution in [1.82, 2.24) is 29.9 Å². The van der Waals surface area contributed by atoms with Crippen LogP contribution in [0.3, 0.4) is 0 Å². The third-order valence-electron chi connectivity index (χ3n) is 4.55. The van der Waals surface area contributed by atoms with Gasteiger partial charge in [-0.25, -0.2) is 19.7 Å². The Hall–Kier alpha value is -3.20. The number of aromatic amines is 3. The molecule has 9 nitrogen and oxygen atoms in total. The summed E-state index contributed by atoms with van der Waals surface area (Å²) in [6.45, 7) is 1.55. The van der Waals surface area contributed by atoms with Crippen molar-refractivity contribution in [3.63, 3.8) is 0 Å². The van der Waals surface area contributed by atoms with Gasteiger partial charge in [0.1, 0.15) is 5.82 Å². The Bertz CT molecular complexity index is 1070. The van der Waals surface area contributed by atoms with Gasteiger partial charge in [-0.05, 0) is 25.0 Å². The minimum atomic E-state index is -0.229. The number of nitrogens with zero attached hydrogens (tertiary/aromatic N) is 3. The number of hydrogen-bond donors (Lipinski definition) is 4. The highest BCUT2D eigenvalue weighted by Gasteiger charge is 2.15. The number of hydrogen-bond acceptors (Lipinski definition) is 6. The van der Waals surface area contributed by atoms with E-state index in [1.807, 2.05) is 12.1 Å². The van der Waals surface area contributed by atoms with Crippen LogP contribution >= 0.6 is 0 Å². The van der Waals surface area contributed by atoms with Crippen LogP contribution in [0.5, 0.6) is 0 Å². The van der Waals surface area contributed by atoms with Crippen LogP contribution in [-0.4, -0.2) is 49.2 Å². The Balaban J connectivity index is 1.39. The molecule has 26 heavy (non-hydrogen) atoms. The first-order valence-corrected chi connectivity index (χ1v) is 8.54. The summed E-state index contributed by atoms with van der Waals surface area (Å²) in [5, 5.41) is 3.20. The topological polar surface area (TPSA) is 124 Å². The van der Waals surface area contributed by atoms with E-state index in [-0.39, 0.29) is 11.8 Å². The molecule has 4 N–H and O–H groups in total. The Kier molecular flexibility index (Phi) is 3.45. The molecule has 132 valence electrons. The number of fused-ring (bicyclic) bond motifs is 2. The van der Waals surface area contributed by atoms with Crippen LogP contribution in [-0.2, 0) is 4.74 Å². The molecule has 1 aliphatic rings. The number of anilines is 1. The van der Waals surface area contributed by atoms with E-state index in [4.69, 9.17) is 4.74 Å². The predicted molar refractivity (Wildman–Crippen MR) is 97.1 cm³/mol. The van der Waals surface area contributed by atoms with E-state index in [0.717, 1.165) is 47.1 Å². The van der Waals surface area contributed by atoms with Gasteiger partial charge >= 0.3 is 5.69 Å². The summed E-state index contributed by atoms with van der Waals surface area (Å²) in [6, 6.07) is 3.69. The Labute approximate surface area is 147 Å². The molecule has 0 aliphatic carbocycles.